The Morgan fingerprint density at radius 3 is 2.68 bits per heavy atom. The molecule has 10 heteroatoms. The Kier molecular flexibility index (Phi) is 8.61. The Bertz CT molecular complexity index is 1390. The molecule has 3 aromatic rings. The zero-order valence-corrected chi connectivity index (χ0v) is 21.8. The van der Waals surface area contributed by atoms with Crippen LogP contribution in [0.1, 0.15) is 36.9 Å². The summed E-state index contributed by atoms with van der Waals surface area (Å²) in [5, 5.41) is 24.1. The standard InChI is InChI=1S/C28H31F2N7O/c1-17(29)27(30)24(18(2)32-9-10-38-4)15-33-26-13-21(12-25(35-26)20-6-7-20)22-8-5-19(14-31)11-23(22)28-36-34-16-37(28)3/h5,8,11-13,16,18,20,32H,1,6-7,9-10,15H2,2-4H3,(H,33,35)/b27-24+. The summed E-state index contributed by atoms with van der Waals surface area (Å²) < 4.78 is 35.4. The van der Waals surface area contributed by atoms with E-state index in [1.807, 2.05) is 25.2 Å². The van der Waals surface area contributed by atoms with Crippen LogP contribution in [0.2, 0.25) is 0 Å². The smallest absolute Gasteiger partial charge is 0.164 e. The van der Waals surface area contributed by atoms with E-state index in [1.165, 1.54) is 0 Å². The summed E-state index contributed by atoms with van der Waals surface area (Å²) in [6.45, 7) is 5.85. The fourth-order valence-electron chi connectivity index (χ4n) is 4.25. The lowest BCUT2D eigenvalue weighted by atomic mass is 9.96. The normalized spacial score (nSPS) is 14.5. The molecule has 198 valence electrons. The zero-order chi connectivity index (χ0) is 27.2. The van der Waals surface area contributed by atoms with Gasteiger partial charge in [0.05, 0.1) is 18.2 Å². The Morgan fingerprint density at radius 1 is 1.26 bits per heavy atom. The second-order valence-electron chi connectivity index (χ2n) is 9.34. The molecule has 1 aliphatic carbocycles. The SMILES string of the molecule is C=C(F)/C(F)=C(/CNc1cc(-c2ccc(C#N)cc2-c2nncn2C)cc(C2CC2)n1)C(C)NCCOC. The summed E-state index contributed by atoms with van der Waals surface area (Å²) in [5.74, 6) is -0.588. The number of allylic oxidation sites excluding steroid dienone is 2. The maximum atomic E-state index is 14.8. The van der Waals surface area contributed by atoms with Gasteiger partial charge in [-0.3, -0.25) is 0 Å². The first-order chi connectivity index (χ1) is 18.3. The monoisotopic (exact) mass is 519 g/mol. The number of pyridine rings is 1. The minimum absolute atomic E-state index is 0.0278. The lowest BCUT2D eigenvalue weighted by Gasteiger charge is -2.20. The van der Waals surface area contributed by atoms with Crippen LogP contribution in [0.4, 0.5) is 14.6 Å². The van der Waals surface area contributed by atoms with Crippen LogP contribution >= 0.6 is 0 Å². The van der Waals surface area contributed by atoms with Gasteiger partial charge in [-0.15, -0.1) is 10.2 Å². The number of nitrogens with one attached hydrogen (secondary N) is 2. The van der Waals surface area contributed by atoms with Gasteiger partial charge in [0.15, 0.2) is 17.5 Å². The highest BCUT2D eigenvalue weighted by atomic mass is 19.2. The number of halogens is 2. The van der Waals surface area contributed by atoms with Gasteiger partial charge in [0.25, 0.3) is 0 Å². The predicted molar refractivity (Wildman–Crippen MR) is 143 cm³/mol. The highest BCUT2D eigenvalue weighted by molar-refractivity contribution is 5.83. The van der Waals surface area contributed by atoms with Crippen LogP contribution < -0.4 is 10.6 Å². The third-order valence-electron chi connectivity index (χ3n) is 6.51. The number of ether oxygens (including phenoxy) is 1. The molecule has 0 radical (unpaired) electrons. The van der Waals surface area contributed by atoms with Crippen LogP contribution in [0.25, 0.3) is 22.5 Å². The number of methoxy groups -OCH3 is 1. The zero-order valence-electron chi connectivity index (χ0n) is 21.8. The lowest BCUT2D eigenvalue weighted by molar-refractivity contribution is 0.197. The molecule has 2 N–H and O–H groups in total. The van der Waals surface area contributed by atoms with E-state index >= 15 is 0 Å². The van der Waals surface area contributed by atoms with Gasteiger partial charge in [-0.05, 0) is 55.2 Å². The summed E-state index contributed by atoms with van der Waals surface area (Å²) in [7, 11) is 3.42. The molecule has 0 aliphatic heterocycles. The largest absolute Gasteiger partial charge is 0.383 e. The van der Waals surface area contributed by atoms with Crippen molar-refractivity contribution in [2.75, 3.05) is 32.1 Å². The van der Waals surface area contributed by atoms with Crippen molar-refractivity contribution >= 4 is 5.82 Å². The number of hydrogen-bond donors (Lipinski definition) is 2. The molecular formula is C28H31F2N7O. The predicted octanol–water partition coefficient (Wildman–Crippen LogP) is 5.04. The minimum atomic E-state index is -1.12. The number of nitriles is 1. The lowest BCUT2D eigenvalue weighted by Crippen LogP contribution is -2.34. The van der Waals surface area contributed by atoms with E-state index in [-0.39, 0.29) is 12.1 Å². The molecule has 0 amide bonds. The van der Waals surface area contributed by atoms with Gasteiger partial charge in [0, 0.05) is 56.0 Å². The van der Waals surface area contributed by atoms with Crippen molar-refractivity contribution in [2.24, 2.45) is 7.05 Å². The maximum absolute atomic E-state index is 14.8. The van der Waals surface area contributed by atoms with Crippen molar-refractivity contribution in [3.05, 3.63) is 71.7 Å². The fourth-order valence-corrected chi connectivity index (χ4v) is 4.25. The number of benzene rings is 1. The average molecular weight is 520 g/mol. The molecule has 1 aliphatic rings. The van der Waals surface area contributed by atoms with Crippen LogP contribution in [0, 0.1) is 11.3 Å². The van der Waals surface area contributed by atoms with Gasteiger partial charge in [0.2, 0.25) is 0 Å². The number of rotatable bonds is 12. The minimum Gasteiger partial charge on any atom is -0.383 e. The highest BCUT2D eigenvalue weighted by Crippen LogP contribution is 2.42. The molecule has 8 nitrogen and oxygen atoms in total. The second-order valence-corrected chi connectivity index (χ2v) is 9.34. The molecule has 1 aromatic carbocycles. The van der Waals surface area contributed by atoms with Gasteiger partial charge in [-0.2, -0.15) is 5.26 Å². The number of anilines is 1. The van der Waals surface area contributed by atoms with E-state index in [0.717, 1.165) is 35.2 Å². The molecule has 38 heavy (non-hydrogen) atoms. The second kappa shape index (κ2) is 12.1. The van der Waals surface area contributed by atoms with Gasteiger partial charge in [0.1, 0.15) is 12.1 Å². The van der Waals surface area contributed by atoms with Crippen molar-refractivity contribution < 1.29 is 13.5 Å². The van der Waals surface area contributed by atoms with E-state index in [1.54, 1.807) is 37.1 Å². The quantitative estimate of drug-likeness (QED) is 0.256. The Hall–Kier alpha value is -3.94. The molecule has 0 spiro atoms. The van der Waals surface area contributed by atoms with Crippen LogP contribution in [-0.4, -0.2) is 52.6 Å². The fraction of sp³-hybridized carbons (Fsp3) is 0.357. The van der Waals surface area contributed by atoms with Crippen molar-refractivity contribution in [1.82, 2.24) is 25.1 Å². The molecule has 1 saturated carbocycles. The first kappa shape index (κ1) is 27.1. The molecule has 0 bridgehead atoms. The molecule has 1 fully saturated rings. The third kappa shape index (κ3) is 6.30. The van der Waals surface area contributed by atoms with Crippen LogP contribution in [-0.2, 0) is 11.8 Å². The highest BCUT2D eigenvalue weighted by Gasteiger charge is 2.27. The summed E-state index contributed by atoms with van der Waals surface area (Å²) in [4.78, 5) is 4.78. The summed E-state index contributed by atoms with van der Waals surface area (Å²) in [6.07, 6.45) is 3.69. The maximum Gasteiger partial charge on any atom is 0.164 e. The van der Waals surface area contributed by atoms with Gasteiger partial charge in [-0.1, -0.05) is 12.6 Å². The first-order valence-corrected chi connectivity index (χ1v) is 12.4. The van der Waals surface area contributed by atoms with Crippen LogP contribution in [0.3, 0.4) is 0 Å². The van der Waals surface area contributed by atoms with Crippen molar-refractivity contribution in [1.29, 1.82) is 5.26 Å². The van der Waals surface area contributed by atoms with Crippen molar-refractivity contribution in [3.63, 3.8) is 0 Å². The summed E-state index contributed by atoms with van der Waals surface area (Å²) >= 11 is 0. The number of hydrogen-bond acceptors (Lipinski definition) is 7. The van der Waals surface area contributed by atoms with Gasteiger partial charge >= 0.3 is 0 Å². The van der Waals surface area contributed by atoms with Gasteiger partial charge in [-0.25, -0.2) is 13.8 Å². The van der Waals surface area contributed by atoms with E-state index < -0.39 is 17.7 Å². The average Bonchev–Trinajstić information content (AvgIpc) is 3.68. The Labute approximate surface area is 221 Å². The Morgan fingerprint density at radius 2 is 2.05 bits per heavy atom. The summed E-state index contributed by atoms with van der Waals surface area (Å²) in [6, 6.07) is 11.1. The van der Waals surface area contributed by atoms with Crippen molar-refractivity contribution in [2.45, 2.75) is 31.7 Å². The Balaban J connectivity index is 1.70. The number of nitrogens with zero attached hydrogens (tertiary/aromatic N) is 5. The topological polar surface area (TPSA) is 101 Å². The molecule has 2 heterocycles. The number of aromatic nitrogens is 4. The van der Waals surface area contributed by atoms with Crippen LogP contribution in [0.5, 0.6) is 0 Å². The summed E-state index contributed by atoms with van der Waals surface area (Å²) in [5.41, 5.74) is 4.13. The molecular weight excluding hydrogens is 488 g/mol. The van der Waals surface area contributed by atoms with Crippen molar-refractivity contribution in [3.8, 4) is 28.6 Å². The van der Waals surface area contributed by atoms with Gasteiger partial charge < -0.3 is 19.9 Å². The van der Waals surface area contributed by atoms with E-state index in [4.69, 9.17) is 9.72 Å². The van der Waals surface area contributed by atoms with E-state index in [9.17, 15) is 14.0 Å². The molecule has 0 saturated heterocycles. The molecule has 1 unspecified atom stereocenters. The molecule has 2 aromatic heterocycles. The van der Waals surface area contributed by atoms with E-state index in [0.29, 0.717) is 36.3 Å². The van der Waals surface area contributed by atoms with Crippen LogP contribution in [0.15, 0.2) is 60.5 Å². The molecule has 1 atom stereocenters. The van der Waals surface area contributed by atoms with E-state index in [2.05, 4.69) is 33.5 Å². The third-order valence-corrected chi connectivity index (χ3v) is 6.51. The molecule has 4 rings (SSSR count). The number of aryl methyl sites for hydroxylation is 1. The first-order valence-electron chi connectivity index (χ1n) is 12.4.